The van der Waals surface area contributed by atoms with Crippen molar-refractivity contribution in [2.75, 3.05) is 13.6 Å². The highest BCUT2D eigenvalue weighted by molar-refractivity contribution is 5.05. The molecule has 2 heteroatoms. The first kappa shape index (κ1) is 7.48. The van der Waals surface area contributed by atoms with E-state index in [1.807, 2.05) is 7.05 Å². The van der Waals surface area contributed by atoms with Crippen molar-refractivity contribution in [3.05, 3.63) is 0 Å². The fourth-order valence-electron chi connectivity index (χ4n) is 0.423. The second-order valence-electron chi connectivity index (χ2n) is 1.47. The monoisotopic (exact) mass is 112 g/mol. The fourth-order valence-corrected chi connectivity index (χ4v) is 0.423. The van der Waals surface area contributed by atoms with Crippen LogP contribution in [0, 0.1) is 11.8 Å². The van der Waals surface area contributed by atoms with Crippen molar-refractivity contribution in [3.63, 3.8) is 0 Å². The molecular formula is C6H12N2. The van der Waals surface area contributed by atoms with E-state index in [9.17, 15) is 0 Å². The normalized spacial score (nSPS) is 11.9. The van der Waals surface area contributed by atoms with Gasteiger partial charge in [-0.25, -0.2) is 0 Å². The Bertz CT molecular complexity index is 94.8. The highest BCUT2D eigenvalue weighted by atomic mass is 14.9. The molecule has 0 saturated carbocycles. The molecule has 0 aliphatic carbocycles. The summed E-state index contributed by atoms with van der Waals surface area (Å²) in [7, 11) is 1.85. The quantitative estimate of drug-likeness (QED) is 0.475. The molecule has 3 N–H and O–H groups in total. The van der Waals surface area contributed by atoms with Gasteiger partial charge in [0.2, 0.25) is 0 Å². The zero-order valence-corrected chi connectivity index (χ0v) is 5.36. The van der Waals surface area contributed by atoms with Gasteiger partial charge in [0.25, 0.3) is 0 Å². The Hall–Kier alpha value is -0.520. The van der Waals surface area contributed by atoms with Crippen LogP contribution in [0.15, 0.2) is 0 Å². The van der Waals surface area contributed by atoms with Crippen LogP contribution in [0.5, 0.6) is 0 Å². The molecule has 0 fully saturated rings. The second-order valence-corrected chi connectivity index (χ2v) is 1.47. The molecule has 0 bridgehead atoms. The van der Waals surface area contributed by atoms with Crippen molar-refractivity contribution < 1.29 is 0 Å². The van der Waals surface area contributed by atoms with E-state index < -0.39 is 0 Å². The van der Waals surface area contributed by atoms with Crippen molar-refractivity contribution in [1.29, 1.82) is 0 Å². The molecule has 0 radical (unpaired) electrons. The predicted octanol–water partition coefficient (Wildman–Crippen LogP) is -0.444. The molecule has 0 aliphatic heterocycles. The van der Waals surface area contributed by atoms with Crippen LogP contribution < -0.4 is 11.1 Å². The minimum absolute atomic E-state index is 0.167. The summed E-state index contributed by atoms with van der Waals surface area (Å²) in [5.74, 6) is 5.67. The molecule has 0 aromatic rings. The first-order valence-corrected chi connectivity index (χ1v) is 2.64. The average Bonchev–Trinajstić information content (AvgIpc) is 1.83. The van der Waals surface area contributed by atoms with Gasteiger partial charge in [-0.05, 0) is 14.0 Å². The summed E-state index contributed by atoms with van der Waals surface area (Å²) in [5.41, 5.74) is 5.30. The molecule has 0 aromatic heterocycles. The molecule has 46 valence electrons. The van der Waals surface area contributed by atoms with Crippen molar-refractivity contribution in [1.82, 2.24) is 5.32 Å². The average molecular weight is 112 g/mol. The van der Waals surface area contributed by atoms with Crippen molar-refractivity contribution in [2.45, 2.75) is 13.0 Å². The molecule has 0 spiro atoms. The number of nitrogens with one attached hydrogen (secondary N) is 1. The number of hydrogen-bond acceptors (Lipinski definition) is 2. The lowest BCUT2D eigenvalue weighted by Gasteiger charge is -2.02. The van der Waals surface area contributed by atoms with E-state index in [0.29, 0.717) is 6.54 Å². The lowest BCUT2D eigenvalue weighted by atomic mass is 10.3. The zero-order valence-electron chi connectivity index (χ0n) is 5.36. The molecule has 0 heterocycles. The van der Waals surface area contributed by atoms with E-state index in [4.69, 9.17) is 5.73 Å². The summed E-state index contributed by atoms with van der Waals surface area (Å²) in [5, 5.41) is 2.95. The summed E-state index contributed by atoms with van der Waals surface area (Å²) in [6.45, 7) is 2.39. The van der Waals surface area contributed by atoms with Crippen LogP contribution in [0.1, 0.15) is 6.92 Å². The van der Waals surface area contributed by atoms with E-state index >= 15 is 0 Å². The maximum atomic E-state index is 5.30. The lowest BCUT2D eigenvalue weighted by Crippen LogP contribution is -2.31. The molecule has 1 atom stereocenters. The van der Waals surface area contributed by atoms with E-state index in [1.54, 1.807) is 6.92 Å². The molecule has 0 amide bonds. The third-order valence-corrected chi connectivity index (χ3v) is 0.903. The molecule has 0 unspecified atom stereocenters. The van der Waals surface area contributed by atoms with E-state index in [0.717, 1.165) is 0 Å². The van der Waals surface area contributed by atoms with E-state index in [-0.39, 0.29) is 6.04 Å². The molecular weight excluding hydrogens is 100 g/mol. The van der Waals surface area contributed by atoms with Crippen molar-refractivity contribution >= 4 is 0 Å². The molecule has 0 saturated heterocycles. The topological polar surface area (TPSA) is 38.0 Å². The third-order valence-electron chi connectivity index (χ3n) is 0.903. The van der Waals surface area contributed by atoms with E-state index in [2.05, 4.69) is 17.2 Å². The van der Waals surface area contributed by atoms with Crippen molar-refractivity contribution in [3.8, 4) is 11.8 Å². The van der Waals surface area contributed by atoms with Gasteiger partial charge in [0.05, 0.1) is 6.04 Å². The third kappa shape index (κ3) is 2.62. The molecule has 0 aromatic carbocycles. The predicted molar refractivity (Wildman–Crippen MR) is 35.4 cm³/mol. The van der Waals surface area contributed by atoms with Crippen LogP contribution in [0.4, 0.5) is 0 Å². The Morgan fingerprint density at radius 1 is 1.75 bits per heavy atom. The Labute approximate surface area is 50.5 Å². The number of nitrogens with two attached hydrogens (primary N) is 1. The Kier molecular flexibility index (Phi) is 4.33. The van der Waals surface area contributed by atoms with Gasteiger partial charge >= 0.3 is 0 Å². The Morgan fingerprint density at radius 3 is 2.50 bits per heavy atom. The SMILES string of the molecule is CC#C[C@@H](CN)NC. The van der Waals surface area contributed by atoms with Gasteiger partial charge in [-0.1, -0.05) is 5.92 Å². The zero-order chi connectivity index (χ0) is 6.41. The van der Waals surface area contributed by atoms with Gasteiger partial charge < -0.3 is 11.1 Å². The highest BCUT2D eigenvalue weighted by Crippen LogP contribution is 1.70. The van der Waals surface area contributed by atoms with Crippen LogP contribution in [0.3, 0.4) is 0 Å². The highest BCUT2D eigenvalue weighted by Gasteiger charge is 1.92. The number of hydrogen-bond donors (Lipinski definition) is 2. The summed E-state index contributed by atoms with van der Waals surface area (Å²) < 4.78 is 0. The molecule has 0 rings (SSSR count). The minimum Gasteiger partial charge on any atom is -0.328 e. The van der Waals surface area contributed by atoms with Gasteiger partial charge in [-0.3, -0.25) is 0 Å². The second kappa shape index (κ2) is 4.63. The smallest absolute Gasteiger partial charge is 0.0811 e. The molecule has 0 aliphatic rings. The number of rotatable bonds is 2. The number of likely N-dealkylation sites (N-methyl/N-ethyl adjacent to an activating group) is 1. The fraction of sp³-hybridized carbons (Fsp3) is 0.667. The van der Waals surface area contributed by atoms with Gasteiger partial charge in [0.15, 0.2) is 0 Å². The Morgan fingerprint density at radius 2 is 2.38 bits per heavy atom. The lowest BCUT2D eigenvalue weighted by molar-refractivity contribution is 0.695. The van der Waals surface area contributed by atoms with E-state index in [1.165, 1.54) is 0 Å². The van der Waals surface area contributed by atoms with Gasteiger partial charge in [0.1, 0.15) is 0 Å². The van der Waals surface area contributed by atoms with Crippen molar-refractivity contribution in [2.24, 2.45) is 5.73 Å². The summed E-state index contributed by atoms with van der Waals surface area (Å²) >= 11 is 0. The maximum Gasteiger partial charge on any atom is 0.0811 e. The summed E-state index contributed by atoms with van der Waals surface area (Å²) in [6, 6.07) is 0.167. The van der Waals surface area contributed by atoms with Crippen LogP contribution in [-0.4, -0.2) is 19.6 Å². The first-order chi connectivity index (χ1) is 3.85. The Balaban J connectivity index is 3.47. The van der Waals surface area contributed by atoms with Crippen LogP contribution in [-0.2, 0) is 0 Å². The molecule has 8 heavy (non-hydrogen) atoms. The maximum absolute atomic E-state index is 5.30. The van der Waals surface area contributed by atoms with Crippen LogP contribution in [0.2, 0.25) is 0 Å². The van der Waals surface area contributed by atoms with Gasteiger partial charge in [-0.15, -0.1) is 5.92 Å². The largest absolute Gasteiger partial charge is 0.328 e. The molecule has 2 nitrogen and oxygen atoms in total. The van der Waals surface area contributed by atoms with Crippen LogP contribution >= 0.6 is 0 Å². The summed E-state index contributed by atoms with van der Waals surface area (Å²) in [4.78, 5) is 0. The van der Waals surface area contributed by atoms with Crippen LogP contribution in [0.25, 0.3) is 0 Å². The minimum atomic E-state index is 0.167. The first-order valence-electron chi connectivity index (χ1n) is 2.64. The van der Waals surface area contributed by atoms with Gasteiger partial charge in [0, 0.05) is 6.54 Å². The van der Waals surface area contributed by atoms with Gasteiger partial charge in [-0.2, -0.15) is 0 Å². The summed E-state index contributed by atoms with van der Waals surface area (Å²) in [6.07, 6.45) is 0. The standard InChI is InChI=1S/C6H12N2/c1-3-4-6(5-7)8-2/h6,8H,5,7H2,1-2H3/t6-/m0/s1.